The first-order valence-corrected chi connectivity index (χ1v) is 12.1. The molecule has 0 bridgehead atoms. The summed E-state index contributed by atoms with van der Waals surface area (Å²) in [4.78, 5) is 12.6. The van der Waals surface area contributed by atoms with Crippen LogP contribution in [0.4, 0.5) is 5.69 Å². The fraction of sp³-hybridized carbons (Fsp3) is 0.103. The summed E-state index contributed by atoms with van der Waals surface area (Å²) in [6, 6.07) is 22.9. The van der Waals surface area contributed by atoms with Gasteiger partial charge in [0, 0.05) is 38.4 Å². The van der Waals surface area contributed by atoms with E-state index < -0.39 is 5.91 Å². The number of benzene rings is 3. The zero-order valence-corrected chi connectivity index (χ0v) is 21.6. The van der Waals surface area contributed by atoms with E-state index in [0.29, 0.717) is 28.1 Å². The van der Waals surface area contributed by atoms with Gasteiger partial charge in [-0.15, -0.1) is 0 Å². The number of hydrogen-bond donors (Lipinski definition) is 2. The van der Waals surface area contributed by atoms with Crippen molar-refractivity contribution in [3.63, 3.8) is 0 Å². The lowest BCUT2D eigenvalue weighted by Gasteiger charge is -2.12. The molecular weight excluding hydrogens is 509 g/mol. The predicted octanol–water partition coefficient (Wildman–Crippen LogP) is 7.23. The van der Waals surface area contributed by atoms with Crippen LogP contribution >= 0.6 is 23.2 Å². The van der Waals surface area contributed by atoms with E-state index in [-0.39, 0.29) is 11.3 Å². The molecule has 2 N–H and O–H groups in total. The van der Waals surface area contributed by atoms with Crippen LogP contribution in [0.25, 0.3) is 11.8 Å². The molecule has 0 aliphatic carbocycles. The number of ether oxygens (including phenoxy) is 1. The van der Waals surface area contributed by atoms with E-state index in [0.717, 1.165) is 28.2 Å². The predicted molar refractivity (Wildman–Crippen MR) is 146 cm³/mol. The normalized spacial score (nSPS) is 11.2. The molecule has 0 aliphatic heterocycles. The van der Waals surface area contributed by atoms with E-state index in [4.69, 9.17) is 27.9 Å². The molecule has 3 aromatic carbocycles. The maximum Gasteiger partial charge on any atom is 0.266 e. The topological polar surface area (TPSA) is 87.3 Å². The number of amides is 1. The van der Waals surface area contributed by atoms with Crippen LogP contribution < -0.4 is 10.1 Å². The first kappa shape index (κ1) is 25.9. The van der Waals surface area contributed by atoms with Crippen LogP contribution in [0.5, 0.6) is 11.5 Å². The molecule has 1 heterocycles. The van der Waals surface area contributed by atoms with Crippen molar-refractivity contribution in [2.24, 2.45) is 0 Å². The van der Waals surface area contributed by atoms with Gasteiger partial charge in [-0.05, 0) is 92.2 Å². The van der Waals surface area contributed by atoms with Crippen molar-refractivity contribution in [1.82, 2.24) is 4.57 Å². The van der Waals surface area contributed by atoms with Gasteiger partial charge in [-0.25, -0.2) is 0 Å². The minimum atomic E-state index is -0.528. The molecule has 0 saturated heterocycles. The van der Waals surface area contributed by atoms with Crippen molar-refractivity contribution >= 4 is 40.9 Å². The molecule has 0 unspecified atom stereocenters. The van der Waals surface area contributed by atoms with Crippen LogP contribution in [-0.4, -0.2) is 15.6 Å². The zero-order valence-electron chi connectivity index (χ0n) is 20.1. The molecule has 1 amide bonds. The third kappa shape index (κ3) is 6.15. The average molecular weight is 532 g/mol. The van der Waals surface area contributed by atoms with Crippen LogP contribution in [0.15, 0.2) is 78.4 Å². The lowest BCUT2D eigenvalue weighted by molar-refractivity contribution is -0.112. The number of aromatic hydroxyl groups is 1. The molecule has 4 rings (SSSR count). The van der Waals surface area contributed by atoms with Crippen molar-refractivity contribution in [2.45, 2.75) is 20.5 Å². The highest BCUT2D eigenvalue weighted by Crippen LogP contribution is 2.26. The fourth-order valence-corrected chi connectivity index (χ4v) is 4.33. The van der Waals surface area contributed by atoms with E-state index >= 15 is 0 Å². The summed E-state index contributed by atoms with van der Waals surface area (Å²) >= 11 is 12.2. The van der Waals surface area contributed by atoms with Gasteiger partial charge in [0.15, 0.2) is 0 Å². The molecule has 8 heteroatoms. The van der Waals surface area contributed by atoms with Gasteiger partial charge in [0.1, 0.15) is 29.7 Å². The summed E-state index contributed by atoms with van der Waals surface area (Å²) < 4.78 is 7.92. The van der Waals surface area contributed by atoms with Crippen LogP contribution in [0.3, 0.4) is 0 Å². The number of halogens is 2. The number of carbonyl (C=O) groups excluding carboxylic acids is 1. The molecular formula is C29H23Cl2N3O3. The Bertz CT molecular complexity index is 1520. The van der Waals surface area contributed by atoms with Gasteiger partial charge >= 0.3 is 0 Å². The van der Waals surface area contributed by atoms with Crippen molar-refractivity contribution in [3.05, 3.63) is 111 Å². The number of rotatable bonds is 7. The Labute approximate surface area is 225 Å². The Kier molecular flexibility index (Phi) is 7.88. The molecule has 37 heavy (non-hydrogen) atoms. The number of hydrogen-bond acceptors (Lipinski definition) is 4. The Balaban J connectivity index is 1.51. The van der Waals surface area contributed by atoms with E-state index in [1.165, 1.54) is 12.1 Å². The summed E-state index contributed by atoms with van der Waals surface area (Å²) in [5.74, 6) is 0.252. The number of phenolic OH excluding ortho intramolecular Hbond substituents is 1. The molecule has 4 aromatic rings. The van der Waals surface area contributed by atoms with Gasteiger partial charge in [-0.3, -0.25) is 4.79 Å². The number of anilines is 1. The minimum Gasteiger partial charge on any atom is -0.508 e. The summed E-state index contributed by atoms with van der Waals surface area (Å²) in [5.41, 5.74) is 4.79. The number of aromatic nitrogens is 1. The summed E-state index contributed by atoms with van der Waals surface area (Å²) in [6.45, 7) is 4.20. The molecule has 0 aliphatic rings. The molecule has 0 radical (unpaired) electrons. The molecule has 1 aromatic heterocycles. The second-order valence-electron chi connectivity index (χ2n) is 8.35. The van der Waals surface area contributed by atoms with Gasteiger partial charge in [-0.1, -0.05) is 29.3 Å². The minimum absolute atomic E-state index is 0.0297. The lowest BCUT2D eigenvalue weighted by Crippen LogP contribution is -2.13. The number of nitriles is 1. The Morgan fingerprint density at radius 2 is 1.76 bits per heavy atom. The van der Waals surface area contributed by atoms with Gasteiger partial charge in [0.25, 0.3) is 5.91 Å². The largest absolute Gasteiger partial charge is 0.508 e. The Morgan fingerprint density at radius 1 is 1.05 bits per heavy atom. The number of phenols is 1. The molecule has 186 valence electrons. The summed E-state index contributed by atoms with van der Waals surface area (Å²) in [6.07, 6.45) is 1.57. The molecule has 0 saturated carbocycles. The number of nitrogens with one attached hydrogen (secondary N) is 1. The highest BCUT2D eigenvalue weighted by molar-refractivity contribution is 6.35. The molecule has 0 spiro atoms. The SMILES string of the molecule is Cc1cc(/C=C(/C#N)C(=O)Nc2ccc(O)cc2)c(C)n1-c1ccc(OCc2ccc(Cl)cc2Cl)cc1. The van der Waals surface area contributed by atoms with Crippen molar-refractivity contribution in [2.75, 3.05) is 5.32 Å². The van der Waals surface area contributed by atoms with E-state index in [1.807, 2.05) is 60.9 Å². The number of carbonyl (C=O) groups is 1. The smallest absolute Gasteiger partial charge is 0.266 e. The van der Waals surface area contributed by atoms with E-state index in [1.54, 1.807) is 30.3 Å². The van der Waals surface area contributed by atoms with Gasteiger partial charge in [0.05, 0.1) is 0 Å². The Morgan fingerprint density at radius 3 is 2.41 bits per heavy atom. The number of aryl methyl sites for hydroxylation is 1. The highest BCUT2D eigenvalue weighted by Gasteiger charge is 2.14. The van der Waals surface area contributed by atoms with Crippen LogP contribution in [0.2, 0.25) is 10.0 Å². The quantitative estimate of drug-likeness (QED) is 0.149. The zero-order chi connectivity index (χ0) is 26.5. The van der Waals surface area contributed by atoms with Crippen LogP contribution in [-0.2, 0) is 11.4 Å². The summed E-state index contributed by atoms with van der Waals surface area (Å²) in [7, 11) is 0. The van der Waals surface area contributed by atoms with Crippen molar-refractivity contribution in [1.29, 1.82) is 5.26 Å². The van der Waals surface area contributed by atoms with Crippen LogP contribution in [0, 0.1) is 25.2 Å². The first-order valence-electron chi connectivity index (χ1n) is 11.3. The summed E-state index contributed by atoms with van der Waals surface area (Å²) in [5, 5.41) is 22.8. The lowest BCUT2D eigenvalue weighted by atomic mass is 10.1. The van der Waals surface area contributed by atoms with Crippen molar-refractivity contribution in [3.8, 4) is 23.3 Å². The number of nitrogens with zero attached hydrogens (tertiary/aromatic N) is 2. The Hall–Kier alpha value is -4.18. The standard InChI is InChI=1S/C29H23Cl2N3O3/c1-18-13-21(14-22(16-32)29(36)33-24-5-9-26(35)10-6-24)19(2)34(18)25-7-11-27(12-8-25)37-17-20-3-4-23(30)15-28(20)31/h3-15,35H,17H2,1-2H3,(H,33,36)/b22-14-. The van der Waals surface area contributed by atoms with Gasteiger partial charge < -0.3 is 19.7 Å². The van der Waals surface area contributed by atoms with E-state index in [2.05, 4.69) is 5.32 Å². The molecule has 0 fully saturated rings. The second-order valence-corrected chi connectivity index (χ2v) is 9.19. The second kappa shape index (κ2) is 11.3. The third-order valence-corrected chi connectivity index (χ3v) is 6.35. The maximum atomic E-state index is 12.6. The highest BCUT2D eigenvalue weighted by atomic mass is 35.5. The third-order valence-electron chi connectivity index (χ3n) is 5.76. The fourth-order valence-electron chi connectivity index (χ4n) is 3.87. The first-order chi connectivity index (χ1) is 17.7. The van der Waals surface area contributed by atoms with Gasteiger partial charge in [0.2, 0.25) is 0 Å². The maximum absolute atomic E-state index is 12.6. The molecule has 0 atom stereocenters. The van der Waals surface area contributed by atoms with Crippen LogP contribution in [0.1, 0.15) is 22.5 Å². The average Bonchev–Trinajstić information content (AvgIpc) is 3.16. The van der Waals surface area contributed by atoms with E-state index in [9.17, 15) is 15.2 Å². The van der Waals surface area contributed by atoms with Gasteiger partial charge in [-0.2, -0.15) is 5.26 Å². The molecule has 6 nitrogen and oxygen atoms in total. The van der Waals surface area contributed by atoms with Crippen molar-refractivity contribution < 1.29 is 14.6 Å². The monoisotopic (exact) mass is 531 g/mol.